The van der Waals surface area contributed by atoms with Crippen molar-refractivity contribution in [1.29, 1.82) is 0 Å². The number of piperidine rings is 1. The fraction of sp³-hybridized carbons (Fsp3) is 0.667. The molecular formula is C18H27N3O4. The predicted octanol–water partition coefficient (Wildman–Crippen LogP) is 0.710. The zero-order chi connectivity index (χ0) is 18.0. The summed E-state index contributed by atoms with van der Waals surface area (Å²) in [5.41, 5.74) is 1.94. The van der Waals surface area contributed by atoms with Gasteiger partial charge in [-0.25, -0.2) is 0 Å². The number of H-pyrrole nitrogens is 1. The number of likely N-dealkylation sites (tertiary alicyclic amines) is 1. The van der Waals surface area contributed by atoms with Gasteiger partial charge < -0.3 is 19.7 Å². The van der Waals surface area contributed by atoms with Crippen LogP contribution in [0.25, 0.3) is 0 Å². The van der Waals surface area contributed by atoms with Gasteiger partial charge in [-0.05, 0) is 31.9 Å². The van der Waals surface area contributed by atoms with E-state index in [1.54, 1.807) is 4.90 Å². The Balaban J connectivity index is 1.62. The SMILES string of the molecule is Cc1cc(CC(=O)N2CCC(C)(N3CCOCC3)CC2O)[nH]c1C=O. The molecule has 3 rings (SSSR count). The summed E-state index contributed by atoms with van der Waals surface area (Å²) in [6.45, 7) is 7.71. The van der Waals surface area contributed by atoms with Crippen molar-refractivity contribution < 1.29 is 19.4 Å². The van der Waals surface area contributed by atoms with Crippen LogP contribution >= 0.6 is 0 Å². The molecule has 3 heterocycles. The summed E-state index contributed by atoms with van der Waals surface area (Å²) >= 11 is 0. The van der Waals surface area contributed by atoms with E-state index < -0.39 is 6.23 Å². The van der Waals surface area contributed by atoms with E-state index in [2.05, 4.69) is 16.8 Å². The number of rotatable bonds is 4. The lowest BCUT2D eigenvalue weighted by Crippen LogP contribution is -2.60. The molecule has 2 N–H and O–H groups in total. The number of aliphatic hydroxyl groups is 1. The van der Waals surface area contributed by atoms with Gasteiger partial charge in [-0.2, -0.15) is 0 Å². The van der Waals surface area contributed by atoms with Crippen LogP contribution in [-0.4, -0.2) is 76.7 Å². The largest absolute Gasteiger partial charge is 0.379 e. The van der Waals surface area contributed by atoms with Crippen LogP contribution in [0.15, 0.2) is 6.07 Å². The number of nitrogens with zero attached hydrogens (tertiary/aromatic N) is 2. The van der Waals surface area contributed by atoms with Crippen LogP contribution in [0.2, 0.25) is 0 Å². The third-order valence-corrected chi connectivity index (χ3v) is 5.54. The number of morpholine rings is 1. The quantitative estimate of drug-likeness (QED) is 0.782. The minimum atomic E-state index is -0.782. The highest BCUT2D eigenvalue weighted by Gasteiger charge is 2.41. The average molecular weight is 349 g/mol. The normalized spacial score (nSPS) is 28.1. The molecule has 1 amide bonds. The average Bonchev–Trinajstić information content (AvgIpc) is 2.95. The first-order valence-corrected chi connectivity index (χ1v) is 8.87. The van der Waals surface area contributed by atoms with E-state index in [1.165, 1.54) is 0 Å². The molecule has 138 valence electrons. The first kappa shape index (κ1) is 18.1. The number of aryl methyl sites for hydroxylation is 1. The van der Waals surface area contributed by atoms with Crippen LogP contribution in [0.4, 0.5) is 0 Å². The number of amides is 1. The molecule has 0 aliphatic carbocycles. The summed E-state index contributed by atoms with van der Waals surface area (Å²) < 4.78 is 5.41. The van der Waals surface area contributed by atoms with Gasteiger partial charge in [0.2, 0.25) is 5.91 Å². The molecule has 7 heteroatoms. The Kier molecular flexibility index (Phi) is 5.27. The summed E-state index contributed by atoms with van der Waals surface area (Å²) in [4.78, 5) is 30.4. The fourth-order valence-electron chi connectivity index (χ4n) is 3.93. The Labute approximate surface area is 147 Å². The Morgan fingerprint density at radius 1 is 1.44 bits per heavy atom. The topological polar surface area (TPSA) is 85.9 Å². The van der Waals surface area contributed by atoms with Gasteiger partial charge in [0.15, 0.2) is 6.29 Å². The Morgan fingerprint density at radius 3 is 2.76 bits per heavy atom. The second-order valence-electron chi connectivity index (χ2n) is 7.30. The zero-order valence-electron chi connectivity index (χ0n) is 15.0. The first-order chi connectivity index (χ1) is 11.9. The van der Waals surface area contributed by atoms with Gasteiger partial charge in [-0.15, -0.1) is 0 Å². The van der Waals surface area contributed by atoms with E-state index in [9.17, 15) is 14.7 Å². The van der Waals surface area contributed by atoms with Crippen molar-refractivity contribution in [2.24, 2.45) is 0 Å². The lowest BCUT2D eigenvalue weighted by Gasteiger charge is -2.49. The van der Waals surface area contributed by atoms with E-state index in [1.807, 2.05) is 13.0 Å². The third-order valence-electron chi connectivity index (χ3n) is 5.54. The van der Waals surface area contributed by atoms with Crippen molar-refractivity contribution >= 4 is 12.2 Å². The van der Waals surface area contributed by atoms with Crippen molar-refractivity contribution in [2.75, 3.05) is 32.8 Å². The molecule has 1 aromatic rings. The van der Waals surface area contributed by atoms with Crippen LogP contribution in [-0.2, 0) is 16.0 Å². The molecule has 25 heavy (non-hydrogen) atoms. The summed E-state index contributed by atoms with van der Waals surface area (Å²) in [5.74, 6) is -0.116. The highest BCUT2D eigenvalue weighted by Crippen LogP contribution is 2.32. The summed E-state index contributed by atoms with van der Waals surface area (Å²) in [7, 11) is 0. The van der Waals surface area contributed by atoms with Gasteiger partial charge in [-0.1, -0.05) is 0 Å². The fourth-order valence-corrected chi connectivity index (χ4v) is 3.93. The van der Waals surface area contributed by atoms with Crippen molar-refractivity contribution in [1.82, 2.24) is 14.8 Å². The van der Waals surface area contributed by atoms with Crippen LogP contribution < -0.4 is 0 Å². The Morgan fingerprint density at radius 2 is 2.16 bits per heavy atom. The summed E-state index contributed by atoms with van der Waals surface area (Å²) in [6.07, 6.45) is 1.52. The molecule has 0 aromatic carbocycles. The minimum absolute atomic E-state index is 0.103. The molecule has 1 aromatic heterocycles. The van der Waals surface area contributed by atoms with E-state index in [4.69, 9.17) is 4.74 Å². The molecule has 0 saturated carbocycles. The van der Waals surface area contributed by atoms with Gasteiger partial charge >= 0.3 is 0 Å². The number of hydrogen-bond acceptors (Lipinski definition) is 5. The molecule has 2 fully saturated rings. The van der Waals surface area contributed by atoms with Crippen LogP contribution in [0.1, 0.15) is 41.5 Å². The van der Waals surface area contributed by atoms with Gasteiger partial charge in [-0.3, -0.25) is 14.5 Å². The van der Waals surface area contributed by atoms with E-state index in [0.29, 0.717) is 24.4 Å². The number of aromatic amines is 1. The number of aromatic nitrogens is 1. The number of hydrogen-bond donors (Lipinski definition) is 2. The molecule has 0 radical (unpaired) electrons. The minimum Gasteiger partial charge on any atom is -0.379 e. The van der Waals surface area contributed by atoms with Gasteiger partial charge in [0.1, 0.15) is 6.23 Å². The number of carbonyl (C=O) groups is 2. The van der Waals surface area contributed by atoms with E-state index >= 15 is 0 Å². The molecule has 2 atom stereocenters. The number of carbonyl (C=O) groups excluding carboxylic acids is 2. The summed E-state index contributed by atoms with van der Waals surface area (Å²) in [5, 5.41) is 10.6. The van der Waals surface area contributed by atoms with E-state index in [-0.39, 0.29) is 17.9 Å². The molecule has 2 aliphatic heterocycles. The van der Waals surface area contributed by atoms with Gasteiger partial charge in [0.25, 0.3) is 0 Å². The van der Waals surface area contributed by atoms with Crippen molar-refractivity contribution in [3.05, 3.63) is 23.0 Å². The molecule has 2 saturated heterocycles. The predicted molar refractivity (Wildman–Crippen MR) is 92.4 cm³/mol. The van der Waals surface area contributed by atoms with Crippen molar-refractivity contribution in [3.8, 4) is 0 Å². The standard InChI is InChI=1S/C18H27N3O4/c1-13-9-14(19-15(13)12-22)10-16(23)21-4-3-18(2,11-17(21)24)20-5-7-25-8-6-20/h9,12,17,19,24H,3-8,10-11H2,1-2H3. The molecule has 0 spiro atoms. The van der Waals surface area contributed by atoms with Crippen molar-refractivity contribution in [2.45, 2.75) is 44.9 Å². The molecule has 7 nitrogen and oxygen atoms in total. The zero-order valence-corrected chi connectivity index (χ0v) is 15.0. The first-order valence-electron chi connectivity index (χ1n) is 8.87. The number of nitrogens with one attached hydrogen (secondary N) is 1. The highest BCUT2D eigenvalue weighted by atomic mass is 16.5. The lowest BCUT2D eigenvalue weighted by atomic mass is 9.86. The number of aliphatic hydroxyl groups excluding tert-OH is 1. The lowest BCUT2D eigenvalue weighted by molar-refractivity contribution is -0.153. The Hall–Kier alpha value is -1.70. The molecular weight excluding hydrogens is 322 g/mol. The number of aldehydes is 1. The molecule has 2 aliphatic rings. The monoisotopic (exact) mass is 349 g/mol. The van der Waals surface area contributed by atoms with Crippen LogP contribution in [0.5, 0.6) is 0 Å². The van der Waals surface area contributed by atoms with E-state index in [0.717, 1.165) is 44.6 Å². The smallest absolute Gasteiger partial charge is 0.230 e. The highest BCUT2D eigenvalue weighted by molar-refractivity contribution is 5.80. The second-order valence-corrected chi connectivity index (χ2v) is 7.30. The van der Waals surface area contributed by atoms with Gasteiger partial charge in [0, 0.05) is 37.3 Å². The van der Waals surface area contributed by atoms with Crippen molar-refractivity contribution in [3.63, 3.8) is 0 Å². The third kappa shape index (κ3) is 3.78. The maximum atomic E-state index is 12.6. The maximum absolute atomic E-state index is 12.6. The molecule has 2 unspecified atom stereocenters. The molecule has 0 bridgehead atoms. The summed E-state index contributed by atoms with van der Waals surface area (Å²) in [6, 6.07) is 1.82. The maximum Gasteiger partial charge on any atom is 0.230 e. The second kappa shape index (κ2) is 7.27. The Bertz CT molecular complexity index is 638. The van der Waals surface area contributed by atoms with Crippen LogP contribution in [0.3, 0.4) is 0 Å². The number of ether oxygens (including phenoxy) is 1. The van der Waals surface area contributed by atoms with Gasteiger partial charge in [0.05, 0.1) is 25.3 Å². The van der Waals surface area contributed by atoms with Crippen LogP contribution in [0, 0.1) is 6.92 Å².